The lowest BCUT2D eigenvalue weighted by Gasteiger charge is -2.25. The van der Waals surface area contributed by atoms with Crippen LogP contribution in [0.3, 0.4) is 0 Å². The Balaban J connectivity index is 1.59. The molecule has 1 unspecified atom stereocenters. The fourth-order valence-electron chi connectivity index (χ4n) is 4.76. The first-order chi connectivity index (χ1) is 17.5. The van der Waals surface area contributed by atoms with Gasteiger partial charge in [-0.1, -0.05) is 59.6 Å². The van der Waals surface area contributed by atoms with Gasteiger partial charge in [0.2, 0.25) is 5.95 Å². The van der Waals surface area contributed by atoms with Crippen LogP contribution in [0.5, 0.6) is 0 Å². The first-order valence-electron chi connectivity index (χ1n) is 12.2. The van der Waals surface area contributed by atoms with Gasteiger partial charge in [0.1, 0.15) is 5.69 Å². The molecule has 1 aliphatic rings. The normalized spacial score (nSPS) is 15.0. The topological polar surface area (TPSA) is 75.6 Å². The molecule has 5 rings (SSSR count). The minimum absolute atomic E-state index is 0.0537. The number of halogens is 2. The number of piperidine rings is 1. The van der Waals surface area contributed by atoms with Gasteiger partial charge in [-0.05, 0) is 69.1 Å². The molecule has 0 radical (unpaired) electrons. The van der Waals surface area contributed by atoms with Gasteiger partial charge in [-0.3, -0.25) is 0 Å². The van der Waals surface area contributed by atoms with Crippen molar-refractivity contribution in [1.29, 1.82) is 0 Å². The van der Waals surface area contributed by atoms with Gasteiger partial charge in [-0.25, -0.2) is 9.97 Å². The highest BCUT2D eigenvalue weighted by Crippen LogP contribution is 2.38. The molecule has 2 aromatic heterocycles. The van der Waals surface area contributed by atoms with Gasteiger partial charge >= 0.3 is 0 Å². The molecule has 0 amide bonds. The highest BCUT2D eigenvalue weighted by Gasteiger charge is 2.25. The monoisotopic (exact) mass is 518 g/mol. The van der Waals surface area contributed by atoms with Crippen molar-refractivity contribution in [2.75, 3.05) is 18.4 Å². The van der Waals surface area contributed by atoms with E-state index in [1.165, 1.54) is 0 Å². The van der Waals surface area contributed by atoms with E-state index in [1.54, 1.807) is 12.3 Å². The molecule has 1 atom stereocenters. The van der Waals surface area contributed by atoms with Gasteiger partial charge in [0.05, 0.1) is 27.5 Å². The summed E-state index contributed by atoms with van der Waals surface area (Å²) in [5.74, 6) is 0.918. The third kappa shape index (κ3) is 5.21. The first-order valence-corrected chi connectivity index (χ1v) is 12.9. The van der Waals surface area contributed by atoms with E-state index in [-0.39, 0.29) is 6.04 Å². The van der Waals surface area contributed by atoms with Crippen LogP contribution < -0.4 is 10.6 Å². The Bertz CT molecular complexity index is 1360. The summed E-state index contributed by atoms with van der Waals surface area (Å²) in [6.45, 7) is 6.18. The minimum Gasteiger partial charge on any atom is -0.348 e. The van der Waals surface area contributed by atoms with E-state index in [2.05, 4.69) is 41.6 Å². The summed E-state index contributed by atoms with van der Waals surface area (Å²) in [6, 6.07) is 17.8. The van der Waals surface area contributed by atoms with Crippen molar-refractivity contribution in [2.24, 2.45) is 0 Å². The molecule has 3 heterocycles. The van der Waals surface area contributed by atoms with E-state index >= 15 is 0 Å². The van der Waals surface area contributed by atoms with Crippen LogP contribution >= 0.6 is 23.2 Å². The summed E-state index contributed by atoms with van der Waals surface area (Å²) in [5.41, 5.74) is 6.58. The lowest BCUT2D eigenvalue weighted by atomic mass is 9.88. The van der Waals surface area contributed by atoms with Crippen LogP contribution in [0.25, 0.3) is 22.5 Å². The summed E-state index contributed by atoms with van der Waals surface area (Å²) in [7, 11) is 0. The molecule has 1 saturated heterocycles. The lowest BCUT2D eigenvalue weighted by Crippen LogP contribution is -2.27. The van der Waals surface area contributed by atoms with Gasteiger partial charge in [-0.15, -0.1) is 5.10 Å². The molecule has 2 aromatic carbocycles. The average molecular weight is 519 g/mol. The average Bonchev–Trinajstić information content (AvgIpc) is 2.91. The summed E-state index contributed by atoms with van der Waals surface area (Å²) in [4.78, 5) is 9.42. The Morgan fingerprint density at radius 2 is 1.75 bits per heavy atom. The zero-order chi connectivity index (χ0) is 25.1. The second-order valence-corrected chi connectivity index (χ2v) is 9.94. The number of nitrogens with zero attached hydrogens (tertiary/aromatic N) is 4. The SMILES string of the molecule is Cc1c(C2CCNCC2)nnc(-c2ccc(Cl)c(Cl)c2)c1-c1ccnc(NC(C)c2ccccc2)n1. The fraction of sp³-hybridized carbons (Fsp3) is 0.286. The van der Waals surface area contributed by atoms with Crippen molar-refractivity contribution in [1.82, 2.24) is 25.5 Å². The Morgan fingerprint density at radius 3 is 2.50 bits per heavy atom. The zero-order valence-electron chi connectivity index (χ0n) is 20.3. The van der Waals surface area contributed by atoms with Crippen LogP contribution in [-0.4, -0.2) is 33.3 Å². The first kappa shape index (κ1) is 24.6. The van der Waals surface area contributed by atoms with E-state index in [4.69, 9.17) is 38.4 Å². The van der Waals surface area contributed by atoms with Crippen LogP contribution in [-0.2, 0) is 0 Å². The second-order valence-electron chi connectivity index (χ2n) is 9.13. The molecule has 1 fully saturated rings. The lowest BCUT2D eigenvalue weighted by molar-refractivity contribution is 0.449. The quantitative estimate of drug-likeness (QED) is 0.290. The predicted octanol–water partition coefficient (Wildman–Crippen LogP) is 6.86. The summed E-state index contributed by atoms with van der Waals surface area (Å²) in [5, 5.41) is 17.3. The van der Waals surface area contributed by atoms with Crippen LogP contribution in [0, 0.1) is 6.92 Å². The molecular weight excluding hydrogens is 491 g/mol. The predicted molar refractivity (Wildman–Crippen MR) is 147 cm³/mol. The van der Waals surface area contributed by atoms with E-state index < -0.39 is 0 Å². The van der Waals surface area contributed by atoms with Crippen molar-refractivity contribution < 1.29 is 0 Å². The van der Waals surface area contributed by atoms with Crippen LogP contribution in [0.4, 0.5) is 5.95 Å². The van der Waals surface area contributed by atoms with Crippen molar-refractivity contribution in [3.63, 3.8) is 0 Å². The van der Waals surface area contributed by atoms with Gasteiger partial charge in [0, 0.05) is 23.2 Å². The van der Waals surface area contributed by atoms with Gasteiger partial charge in [0.15, 0.2) is 0 Å². The Morgan fingerprint density at radius 1 is 0.972 bits per heavy atom. The molecular formula is C28H28Cl2N6. The standard InChI is InChI=1S/C28H28Cl2N6/c1-17-25(24-12-15-32-28(34-24)33-18(2)19-6-4-3-5-7-19)27(21-8-9-22(29)23(30)16-21)36-35-26(17)20-10-13-31-14-11-20/h3-9,12,15-16,18,20,31H,10-11,13-14H2,1-2H3,(H,32,33,34). The van der Waals surface area contributed by atoms with E-state index in [0.29, 0.717) is 21.9 Å². The van der Waals surface area contributed by atoms with Crippen molar-refractivity contribution in [3.05, 3.63) is 87.7 Å². The number of nitrogens with one attached hydrogen (secondary N) is 2. The van der Waals surface area contributed by atoms with Gasteiger partial charge in [0.25, 0.3) is 0 Å². The number of hydrogen-bond acceptors (Lipinski definition) is 6. The minimum atomic E-state index is 0.0537. The summed E-state index contributed by atoms with van der Waals surface area (Å²) >= 11 is 12.6. The van der Waals surface area contributed by atoms with Crippen molar-refractivity contribution >= 4 is 29.2 Å². The molecule has 1 aliphatic heterocycles. The summed E-state index contributed by atoms with van der Waals surface area (Å²) in [6.07, 6.45) is 3.85. The summed E-state index contributed by atoms with van der Waals surface area (Å²) < 4.78 is 0. The second kappa shape index (κ2) is 10.9. The molecule has 36 heavy (non-hydrogen) atoms. The van der Waals surface area contributed by atoms with Gasteiger partial charge < -0.3 is 10.6 Å². The molecule has 8 heteroatoms. The molecule has 0 saturated carbocycles. The maximum Gasteiger partial charge on any atom is 0.223 e. The molecule has 4 aromatic rings. The Hall–Kier alpha value is -3.06. The third-order valence-corrected chi connectivity index (χ3v) is 7.47. The molecule has 184 valence electrons. The number of aromatic nitrogens is 4. The molecule has 6 nitrogen and oxygen atoms in total. The Labute approximate surface area is 221 Å². The largest absolute Gasteiger partial charge is 0.348 e. The number of hydrogen-bond donors (Lipinski definition) is 2. The van der Waals surface area contributed by atoms with E-state index in [1.807, 2.05) is 36.4 Å². The molecule has 0 spiro atoms. The number of anilines is 1. The van der Waals surface area contributed by atoms with Gasteiger partial charge in [-0.2, -0.15) is 5.10 Å². The highest BCUT2D eigenvalue weighted by molar-refractivity contribution is 6.42. The Kier molecular flexibility index (Phi) is 7.46. The number of benzene rings is 2. The molecule has 0 aliphatic carbocycles. The third-order valence-electron chi connectivity index (χ3n) is 6.73. The van der Waals surface area contributed by atoms with Crippen molar-refractivity contribution in [3.8, 4) is 22.5 Å². The van der Waals surface area contributed by atoms with Crippen LogP contribution in [0.2, 0.25) is 10.0 Å². The highest BCUT2D eigenvalue weighted by atomic mass is 35.5. The smallest absolute Gasteiger partial charge is 0.223 e. The van der Waals surface area contributed by atoms with Crippen LogP contribution in [0.1, 0.15) is 48.5 Å². The molecule has 2 N–H and O–H groups in total. The zero-order valence-corrected chi connectivity index (χ0v) is 21.8. The van der Waals surface area contributed by atoms with Crippen molar-refractivity contribution in [2.45, 2.75) is 38.6 Å². The maximum atomic E-state index is 6.37. The van der Waals surface area contributed by atoms with Crippen LogP contribution in [0.15, 0.2) is 60.8 Å². The fourth-order valence-corrected chi connectivity index (χ4v) is 5.06. The maximum absolute atomic E-state index is 6.37. The number of rotatable bonds is 6. The van der Waals surface area contributed by atoms with E-state index in [0.717, 1.165) is 65.3 Å². The van der Waals surface area contributed by atoms with E-state index in [9.17, 15) is 0 Å². The molecule has 0 bridgehead atoms.